The van der Waals surface area contributed by atoms with Crippen molar-refractivity contribution in [2.75, 3.05) is 28.0 Å². The maximum Gasteiger partial charge on any atom is 0.257 e. The highest BCUT2D eigenvalue weighted by Gasteiger charge is 2.27. The summed E-state index contributed by atoms with van der Waals surface area (Å²) in [6, 6.07) is 8.81. The average molecular weight is 482 g/mol. The number of nitrogens with zero attached hydrogens (tertiary/aromatic N) is 4. The number of carbonyl (C=O) groups excluding carboxylic acids is 1. The SMILES string of the molecule is COCOc1c(-c2ncnn2C)oc2c(C(=O)N(C)C)ccc(OCc3ccc(F)cc3)c2c1=O. The van der Waals surface area contributed by atoms with E-state index in [0.29, 0.717) is 5.56 Å². The monoisotopic (exact) mass is 482 g/mol. The first-order valence-electron chi connectivity index (χ1n) is 10.5. The first kappa shape index (κ1) is 23.9. The van der Waals surface area contributed by atoms with Crippen molar-refractivity contribution in [3.63, 3.8) is 0 Å². The number of fused-ring (bicyclic) bond motifs is 1. The van der Waals surface area contributed by atoms with Gasteiger partial charge in [-0.2, -0.15) is 5.10 Å². The summed E-state index contributed by atoms with van der Waals surface area (Å²) in [6.45, 7) is -0.182. The first-order valence-corrected chi connectivity index (χ1v) is 10.5. The van der Waals surface area contributed by atoms with Crippen LogP contribution in [-0.2, 0) is 18.4 Å². The second kappa shape index (κ2) is 9.94. The van der Waals surface area contributed by atoms with Crippen LogP contribution in [0.5, 0.6) is 11.5 Å². The minimum atomic E-state index is -0.580. The first-order chi connectivity index (χ1) is 16.8. The van der Waals surface area contributed by atoms with Crippen molar-refractivity contribution >= 4 is 16.9 Å². The number of methoxy groups -OCH3 is 1. The van der Waals surface area contributed by atoms with Crippen LogP contribution >= 0.6 is 0 Å². The predicted octanol–water partition coefficient (Wildman–Crippen LogP) is 2.99. The van der Waals surface area contributed by atoms with Crippen molar-refractivity contribution in [1.82, 2.24) is 19.7 Å². The minimum Gasteiger partial charge on any atom is -0.488 e. The highest BCUT2D eigenvalue weighted by molar-refractivity contribution is 6.06. The third kappa shape index (κ3) is 4.71. The number of carbonyl (C=O) groups is 1. The molecule has 0 radical (unpaired) electrons. The zero-order valence-electron chi connectivity index (χ0n) is 19.6. The van der Waals surface area contributed by atoms with Crippen LogP contribution in [0.3, 0.4) is 0 Å². The molecule has 0 saturated heterocycles. The fourth-order valence-electron chi connectivity index (χ4n) is 3.42. The summed E-state index contributed by atoms with van der Waals surface area (Å²) >= 11 is 0. The Balaban J connectivity index is 1.95. The smallest absolute Gasteiger partial charge is 0.257 e. The molecule has 2 aromatic heterocycles. The van der Waals surface area contributed by atoms with Gasteiger partial charge in [0.25, 0.3) is 5.91 Å². The number of hydrogen-bond acceptors (Lipinski definition) is 8. The number of hydrogen-bond donors (Lipinski definition) is 0. The van der Waals surface area contributed by atoms with E-state index in [2.05, 4.69) is 10.1 Å². The molecule has 0 bridgehead atoms. The van der Waals surface area contributed by atoms with Gasteiger partial charge in [-0.15, -0.1) is 0 Å². The van der Waals surface area contributed by atoms with Crippen LogP contribution in [0.25, 0.3) is 22.6 Å². The number of rotatable bonds is 8. The lowest BCUT2D eigenvalue weighted by Gasteiger charge is -2.16. The van der Waals surface area contributed by atoms with Crippen molar-refractivity contribution in [2.24, 2.45) is 7.05 Å². The number of aryl methyl sites for hydroxylation is 1. The standard InChI is InChI=1S/C24H23FN4O6/c1-28(2)24(31)16-9-10-17(33-11-14-5-7-15(25)8-6-14)18-19(30)21(34-13-32-4)22(35-20(16)18)23-26-12-27-29(23)3/h5-10,12H,11,13H2,1-4H3. The third-order valence-corrected chi connectivity index (χ3v) is 5.14. The van der Waals surface area contributed by atoms with Crippen LogP contribution in [0.1, 0.15) is 15.9 Å². The van der Waals surface area contributed by atoms with E-state index < -0.39 is 5.43 Å². The third-order valence-electron chi connectivity index (χ3n) is 5.14. The number of halogens is 1. The summed E-state index contributed by atoms with van der Waals surface area (Å²) in [5.41, 5.74) is 0.263. The molecular weight excluding hydrogens is 459 g/mol. The van der Waals surface area contributed by atoms with E-state index in [1.165, 1.54) is 47.3 Å². The van der Waals surface area contributed by atoms with Gasteiger partial charge in [0.15, 0.2) is 18.2 Å². The average Bonchev–Trinajstić information content (AvgIpc) is 3.27. The van der Waals surface area contributed by atoms with Crippen LogP contribution < -0.4 is 14.9 Å². The summed E-state index contributed by atoms with van der Waals surface area (Å²) in [7, 11) is 6.21. The lowest BCUT2D eigenvalue weighted by molar-refractivity contribution is 0.0497. The summed E-state index contributed by atoms with van der Waals surface area (Å²) in [5, 5.41) is 4.04. The molecule has 2 heterocycles. The lowest BCUT2D eigenvalue weighted by atomic mass is 10.1. The number of ether oxygens (including phenoxy) is 3. The van der Waals surface area contributed by atoms with Gasteiger partial charge in [-0.05, 0) is 29.8 Å². The van der Waals surface area contributed by atoms with Crippen LogP contribution in [0.2, 0.25) is 0 Å². The van der Waals surface area contributed by atoms with Gasteiger partial charge in [0.05, 0.1) is 5.56 Å². The molecule has 0 saturated carbocycles. The Labute approximate surface area is 199 Å². The normalized spacial score (nSPS) is 11.0. The lowest BCUT2D eigenvalue weighted by Crippen LogP contribution is -2.23. The molecule has 4 aromatic rings. The van der Waals surface area contributed by atoms with Crippen LogP contribution in [-0.4, -0.2) is 53.6 Å². The Kier molecular flexibility index (Phi) is 6.78. The van der Waals surface area contributed by atoms with Gasteiger partial charge in [-0.25, -0.2) is 14.1 Å². The predicted molar refractivity (Wildman–Crippen MR) is 124 cm³/mol. The van der Waals surface area contributed by atoms with E-state index in [1.807, 2.05) is 0 Å². The number of aromatic nitrogens is 3. The number of benzene rings is 2. The fraction of sp³-hybridized carbons (Fsp3) is 0.250. The molecule has 1 amide bonds. The largest absolute Gasteiger partial charge is 0.488 e. The maximum absolute atomic E-state index is 13.7. The molecule has 0 spiro atoms. The molecule has 0 unspecified atom stereocenters. The van der Waals surface area contributed by atoms with Gasteiger partial charge in [0, 0.05) is 28.3 Å². The maximum atomic E-state index is 13.7. The molecule has 0 aliphatic heterocycles. The molecule has 0 N–H and O–H groups in total. The Morgan fingerprint density at radius 2 is 1.89 bits per heavy atom. The van der Waals surface area contributed by atoms with E-state index in [1.54, 1.807) is 33.3 Å². The number of amides is 1. The summed E-state index contributed by atoms with van der Waals surface area (Å²) < 4.78 is 37.3. The molecule has 0 fully saturated rings. The molecular formula is C24H23FN4O6. The Bertz CT molecular complexity index is 1430. The van der Waals surface area contributed by atoms with Gasteiger partial charge >= 0.3 is 0 Å². The molecule has 10 nitrogen and oxygen atoms in total. The van der Waals surface area contributed by atoms with Gasteiger partial charge in [-0.3, -0.25) is 9.59 Å². The zero-order valence-corrected chi connectivity index (χ0v) is 19.6. The molecule has 4 rings (SSSR count). The minimum absolute atomic E-state index is 0.00747. The van der Waals surface area contributed by atoms with E-state index >= 15 is 0 Å². The second-order valence-electron chi connectivity index (χ2n) is 7.78. The van der Waals surface area contributed by atoms with Gasteiger partial charge < -0.3 is 23.5 Å². The summed E-state index contributed by atoms with van der Waals surface area (Å²) in [5.74, 6) is -0.545. The van der Waals surface area contributed by atoms with Gasteiger partial charge in [-0.1, -0.05) is 12.1 Å². The topological polar surface area (TPSA) is 109 Å². The Morgan fingerprint density at radius 1 is 1.14 bits per heavy atom. The molecule has 182 valence electrons. The molecule has 0 atom stereocenters. The molecule has 35 heavy (non-hydrogen) atoms. The zero-order chi connectivity index (χ0) is 25.1. The quantitative estimate of drug-likeness (QED) is 0.353. The van der Waals surface area contributed by atoms with Crippen LogP contribution in [0.15, 0.2) is 51.9 Å². The second-order valence-corrected chi connectivity index (χ2v) is 7.78. The van der Waals surface area contributed by atoms with Gasteiger partial charge in [0.2, 0.25) is 16.9 Å². The van der Waals surface area contributed by atoms with E-state index in [4.69, 9.17) is 18.6 Å². The van der Waals surface area contributed by atoms with E-state index in [-0.39, 0.29) is 64.7 Å². The van der Waals surface area contributed by atoms with Crippen molar-refractivity contribution in [2.45, 2.75) is 6.61 Å². The summed E-state index contributed by atoms with van der Waals surface area (Å²) in [4.78, 5) is 32.2. The van der Waals surface area contributed by atoms with E-state index in [0.717, 1.165) is 0 Å². The molecule has 0 aliphatic rings. The van der Waals surface area contributed by atoms with Crippen molar-refractivity contribution in [3.05, 3.63) is 69.9 Å². The Morgan fingerprint density at radius 3 is 2.51 bits per heavy atom. The van der Waals surface area contributed by atoms with Crippen LogP contribution in [0.4, 0.5) is 4.39 Å². The fourth-order valence-corrected chi connectivity index (χ4v) is 3.42. The Hall–Kier alpha value is -4.25. The molecule has 11 heteroatoms. The van der Waals surface area contributed by atoms with Crippen molar-refractivity contribution in [1.29, 1.82) is 0 Å². The molecule has 0 aliphatic carbocycles. The van der Waals surface area contributed by atoms with Crippen molar-refractivity contribution in [3.8, 4) is 23.1 Å². The van der Waals surface area contributed by atoms with Crippen molar-refractivity contribution < 1.29 is 27.8 Å². The highest BCUT2D eigenvalue weighted by atomic mass is 19.1. The van der Waals surface area contributed by atoms with Crippen LogP contribution in [0, 0.1) is 5.82 Å². The van der Waals surface area contributed by atoms with E-state index in [9.17, 15) is 14.0 Å². The van der Waals surface area contributed by atoms with Gasteiger partial charge in [0.1, 0.15) is 29.9 Å². The summed E-state index contributed by atoms with van der Waals surface area (Å²) in [6.07, 6.45) is 1.30. The molecule has 2 aromatic carbocycles. The highest BCUT2D eigenvalue weighted by Crippen LogP contribution is 2.35.